The lowest BCUT2D eigenvalue weighted by Crippen LogP contribution is -2.40. The van der Waals surface area contributed by atoms with E-state index in [-0.39, 0.29) is 0 Å². The summed E-state index contributed by atoms with van der Waals surface area (Å²) in [7, 11) is 0. The Hall–Kier alpha value is -2.11. The largest absolute Gasteiger partial charge is 0.334 e. The van der Waals surface area contributed by atoms with Crippen molar-refractivity contribution in [2.24, 2.45) is 0 Å². The Morgan fingerprint density at radius 1 is 1.12 bits per heavy atom. The van der Waals surface area contributed by atoms with Crippen LogP contribution in [0.3, 0.4) is 0 Å². The van der Waals surface area contributed by atoms with E-state index in [1.807, 2.05) is 19.1 Å². The van der Waals surface area contributed by atoms with Crippen LogP contribution < -0.4 is 5.32 Å². The number of rotatable bonds is 5. The van der Waals surface area contributed by atoms with Gasteiger partial charge in [0.25, 0.3) is 0 Å². The average molecular weight is 366 g/mol. The van der Waals surface area contributed by atoms with Crippen LogP contribution in [-0.4, -0.2) is 34.8 Å². The van der Waals surface area contributed by atoms with E-state index in [1.54, 1.807) is 24.5 Å². The molecule has 5 nitrogen and oxygen atoms in total. The van der Waals surface area contributed by atoms with E-state index in [1.165, 1.54) is 11.0 Å². The number of halogens is 2. The molecule has 0 spiro atoms. The van der Waals surface area contributed by atoms with Gasteiger partial charge in [0.05, 0.1) is 10.0 Å². The van der Waals surface area contributed by atoms with Gasteiger partial charge in [-0.25, -0.2) is 0 Å². The SMILES string of the molecule is CCN(CCc1ccncc1)C(=O)C(=O)Nc1ccc(Cl)c(Cl)c1. The van der Waals surface area contributed by atoms with Crippen LogP contribution in [0.25, 0.3) is 0 Å². The van der Waals surface area contributed by atoms with E-state index in [0.717, 1.165) is 5.56 Å². The maximum atomic E-state index is 12.3. The Morgan fingerprint density at radius 2 is 1.83 bits per heavy atom. The maximum absolute atomic E-state index is 12.3. The van der Waals surface area contributed by atoms with Crippen molar-refractivity contribution in [1.29, 1.82) is 0 Å². The van der Waals surface area contributed by atoms with Gasteiger partial charge in [0.2, 0.25) is 0 Å². The van der Waals surface area contributed by atoms with Crippen molar-refractivity contribution in [3.63, 3.8) is 0 Å². The lowest BCUT2D eigenvalue weighted by molar-refractivity contribution is -0.143. The molecule has 24 heavy (non-hydrogen) atoms. The van der Waals surface area contributed by atoms with Gasteiger partial charge in [0, 0.05) is 31.2 Å². The molecule has 0 radical (unpaired) electrons. The summed E-state index contributed by atoms with van der Waals surface area (Å²) in [4.78, 5) is 29.9. The number of amides is 2. The van der Waals surface area contributed by atoms with Gasteiger partial charge >= 0.3 is 11.8 Å². The van der Waals surface area contributed by atoms with Crippen molar-refractivity contribution in [2.75, 3.05) is 18.4 Å². The Kier molecular flexibility index (Phi) is 6.58. The van der Waals surface area contributed by atoms with Crippen LogP contribution in [-0.2, 0) is 16.0 Å². The zero-order valence-electron chi connectivity index (χ0n) is 13.1. The molecule has 2 aromatic rings. The number of nitrogens with one attached hydrogen (secondary N) is 1. The average Bonchev–Trinajstić information content (AvgIpc) is 2.59. The highest BCUT2D eigenvalue weighted by Crippen LogP contribution is 2.24. The van der Waals surface area contributed by atoms with Crippen LogP contribution in [0.15, 0.2) is 42.7 Å². The van der Waals surface area contributed by atoms with Crippen molar-refractivity contribution >= 4 is 40.7 Å². The summed E-state index contributed by atoms with van der Waals surface area (Å²) in [5.74, 6) is -1.29. The van der Waals surface area contributed by atoms with Crippen LogP contribution in [0, 0.1) is 0 Å². The maximum Gasteiger partial charge on any atom is 0.313 e. The molecule has 1 N–H and O–H groups in total. The second kappa shape index (κ2) is 8.66. The van der Waals surface area contributed by atoms with Gasteiger partial charge in [-0.3, -0.25) is 14.6 Å². The topological polar surface area (TPSA) is 62.3 Å². The fourth-order valence-electron chi connectivity index (χ4n) is 2.12. The third-order valence-corrected chi connectivity index (χ3v) is 4.20. The molecule has 0 aliphatic rings. The number of hydrogen-bond acceptors (Lipinski definition) is 3. The molecular formula is C17H17Cl2N3O2. The molecule has 126 valence electrons. The van der Waals surface area contributed by atoms with Crippen LogP contribution in [0.4, 0.5) is 5.69 Å². The lowest BCUT2D eigenvalue weighted by atomic mass is 10.2. The normalized spacial score (nSPS) is 10.3. The zero-order chi connectivity index (χ0) is 17.5. The molecule has 7 heteroatoms. The summed E-state index contributed by atoms with van der Waals surface area (Å²) >= 11 is 11.7. The summed E-state index contributed by atoms with van der Waals surface area (Å²) in [5, 5.41) is 3.23. The number of nitrogens with zero attached hydrogens (tertiary/aromatic N) is 2. The number of carbonyl (C=O) groups excluding carboxylic acids is 2. The van der Waals surface area contributed by atoms with Crippen LogP contribution in [0.1, 0.15) is 12.5 Å². The highest BCUT2D eigenvalue weighted by Gasteiger charge is 2.20. The lowest BCUT2D eigenvalue weighted by Gasteiger charge is -2.20. The number of aromatic nitrogens is 1. The van der Waals surface area contributed by atoms with E-state index in [9.17, 15) is 9.59 Å². The third kappa shape index (κ3) is 4.94. The number of carbonyl (C=O) groups is 2. The first kappa shape index (κ1) is 18.2. The Labute approximate surface area is 150 Å². The number of hydrogen-bond donors (Lipinski definition) is 1. The molecule has 0 saturated heterocycles. The molecule has 0 aliphatic heterocycles. The first-order chi connectivity index (χ1) is 11.5. The molecule has 2 amide bonds. The van der Waals surface area contributed by atoms with Gasteiger partial charge in [0.1, 0.15) is 0 Å². The number of anilines is 1. The van der Waals surface area contributed by atoms with Crippen LogP contribution >= 0.6 is 23.2 Å². The van der Waals surface area contributed by atoms with Gasteiger partial charge in [-0.1, -0.05) is 23.2 Å². The Morgan fingerprint density at radius 3 is 2.46 bits per heavy atom. The standard InChI is InChI=1S/C17H17Cl2N3O2/c1-2-22(10-7-12-5-8-20-9-6-12)17(24)16(23)21-13-3-4-14(18)15(19)11-13/h3-6,8-9,11H,2,7,10H2,1H3,(H,21,23). The second-order valence-electron chi connectivity index (χ2n) is 5.07. The summed E-state index contributed by atoms with van der Waals surface area (Å²) in [6, 6.07) is 8.42. The van der Waals surface area contributed by atoms with Crippen molar-refractivity contribution < 1.29 is 9.59 Å². The third-order valence-electron chi connectivity index (χ3n) is 3.46. The number of pyridine rings is 1. The molecular weight excluding hydrogens is 349 g/mol. The summed E-state index contributed by atoms with van der Waals surface area (Å²) in [6.45, 7) is 2.73. The predicted molar refractivity (Wildman–Crippen MR) is 95.3 cm³/mol. The molecule has 0 aliphatic carbocycles. The van der Waals surface area contributed by atoms with Crippen molar-refractivity contribution in [2.45, 2.75) is 13.3 Å². The van der Waals surface area contributed by atoms with Gasteiger partial charge in [-0.05, 0) is 49.2 Å². The molecule has 0 bridgehead atoms. The predicted octanol–water partition coefficient (Wildman–Crippen LogP) is 3.42. The van der Waals surface area contributed by atoms with Gasteiger partial charge < -0.3 is 10.2 Å². The Balaban J connectivity index is 1.96. The molecule has 1 aromatic carbocycles. The first-order valence-corrected chi connectivity index (χ1v) is 8.21. The molecule has 1 aromatic heterocycles. The minimum atomic E-state index is -0.704. The van der Waals surface area contributed by atoms with E-state index in [0.29, 0.717) is 35.2 Å². The fraction of sp³-hybridized carbons (Fsp3) is 0.235. The van der Waals surface area contributed by atoms with E-state index >= 15 is 0 Å². The van der Waals surface area contributed by atoms with Gasteiger partial charge in [-0.2, -0.15) is 0 Å². The minimum absolute atomic E-state index is 0.312. The highest BCUT2D eigenvalue weighted by atomic mass is 35.5. The first-order valence-electron chi connectivity index (χ1n) is 7.45. The highest BCUT2D eigenvalue weighted by molar-refractivity contribution is 6.42. The molecule has 2 rings (SSSR count). The van der Waals surface area contributed by atoms with Gasteiger partial charge in [0.15, 0.2) is 0 Å². The summed E-state index contributed by atoms with van der Waals surface area (Å²) in [5.41, 5.74) is 1.48. The number of benzene rings is 1. The van der Waals surface area contributed by atoms with Gasteiger partial charge in [-0.15, -0.1) is 0 Å². The van der Waals surface area contributed by atoms with E-state index < -0.39 is 11.8 Å². The molecule has 0 fully saturated rings. The van der Waals surface area contributed by atoms with Crippen LogP contribution in [0.2, 0.25) is 10.0 Å². The fourth-order valence-corrected chi connectivity index (χ4v) is 2.42. The zero-order valence-corrected chi connectivity index (χ0v) is 14.6. The van der Waals surface area contributed by atoms with Crippen LogP contribution in [0.5, 0.6) is 0 Å². The summed E-state index contributed by atoms with van der Waals surface area (Å²) < 4.78 is 0. The smallest absolute Gasteiger partial charge is 0.313 e. The molecule has 0 unspecified atom stereocenters. The Bertz CT molecular complexity index is 723. The molecule has 1 heterocycles. The molecule has 0 atom stereocenters. The summed E-state index contributed by atoms with van der Waals surface area (Å²) in [6.07, 6.45) is 4.05. The van der Waals surface area contributed by atoms with Crippen molar-refractivity contribution in [3.8, 4) is 0 Å². The monoisotopic (exact) mass is 365 g/mol. The van der Waals surface area contributed by atoms with E-state index in [2.05, 4.69) is 10.3 Å². The second-order valence-corrected chi connectivity index (χ2v) is 5.89. The quantitative estimate of drug-likeness (QED) is 0.825. The molecule has 0 saturated carbocycles. The number of likely N-dealkylation sites (N-methyl/N-ethyl adjacent to an activating group) is 1. The van der Waals surface area contributed by atoms with Crippen molar-refractivity contribution in [3.05, 3.63) is 58.3 Å². The minimum Gasteiger partial charge on any atom is -0.334 e. The van der Waals surface area contributed by atoms with Crippen molar-refractivity contribution in [1.82, 2.24) is 9.88 Å². The van der Waals surface area contributed by atoms with E-state index in [4.69, 9.17) is 23.2 Å².